The predicted molar refractivity (Wildman–Crippen MR) is 71.5 cm³/mol. The summed E-state index contributed by atoms with van der Waals surface area (Å²) in [5.74, 6) is 0.611. The Morgan fingerprint density at radius 2 is 2.05 bits per heavy atom. The molecule has 0 amide bonds. The average molecular weight is 251 g/mol. The van der Waals surface area contributed by atoms with Crippen LogP contribution in [0.3, 0.4) is 0 Å². The van der Waals surface area contributed by atoms with Gasteiger partial charge in [0.15, 0.2) is 0 Å². The maximum absolute atomic E-state index is 10.1. The van der Waals surface area contributed by atoms with E-state index in [9.17, 15) is 5.11 Å². The van der Waals surface area contributed by atoms with E-state index in [0.717, 1.165) is 11.1 Å². The summed E-state index contributed by atoms with van der Waals surface area (Å²) >= 11 is 0. The third kappa shape index (κ3) is 2.16. The summed E-state index contributed by atoms with van der Waals surface area (Å²) in [4.78, 5) is 4.18. The Bertz CT molecular complexity index is 648. The zero-order chi connectivity index (χ0) is 13.2. The van der Waals surface area contributed by atoms with Gasteiger partial charge in [-0.15, -0.1) is 0 Å². The molecular formula is C15H13N3O. The first-order valence-corrected chi connectivity index (χ1v) is 6.17. The fraction of sp³-hybridized carbons (Fsp3) is 0.200. The molecule has 0 radical (unpaired) electrons. The van der Waals surface area contributed by atoms with Crippen LogP contribution < -0.4 is 5.32 Å². The summed E-state index contributed by atoms with van der Waals surface area (Å²) in [7, 11) is 0. The van der Waals surface area contributed by atoms with Crippen molar-refractivity contribution in [3.63, 3.8) is 0 Å². The fourth-order valence-corrected chi connectivity index (χ4v) is 2.48. The highest BCUT2D eigenvalue weighted by Crippen LogP contribution is 2.33. The number of hydrogen-bond acceptors (Lipinski definition) is 4. The lowest BCUT2D eigenvalue weighted by Crippen LogP contribution is -2.21. The molecule has 2 unspecified atom stereocenters. The van der Waals surface area contributed by atoms with Crippen molar-refractivity contribution in [2.24, 2.45) is 0 Å². The first-order chi connectivity index (χ1) is 9.28. The minimum Gasteiger partial charge on any atom is -0.390 e. The van der Waals surface area contributed by atoms with Crippen LogP contribution in [0.1, 0.15) is 22.9 Å². The van der Waals surface area contributed by atoms with E-state index in [0.29, 0.717) is 17.9 Å². The van der Waals surface area contributed by atoms with E-state index in [1.807, 2.05) is 30.3 Å². The lowest BCUT2D eigenvalue weighted by molar-refractivity contribution is 0.165. The highest BCUT2D eigenvalue weighted by atomic mass is 16.3. The van der Waals surface area contributed by atoms with Crippen molar-refractivity contribution in [2.75, 3.05) is 5.32 Å². The number of anilines is 1. The van der Waals surface area contributed by atoms with E-state index in [-0.39, 0.29) is 6.04 Å². The normalized spacial score (nSPS) is 20.6. The molecule has 2 N–H and O–H groups in total. The Labute approximate surface area is 111 Å². The Morgan fingerprint density at radius 1 is 1.21 bits per heavy atom. The average Bonchev–Trinajstić information content (AvgIpc) is 2.76. The standard InChI is InChI=1S/C15H13N3O/c16-9-11-5-3-7-14(17-11)18-15-12-6-2-1-4-10(12)8-13(15)19/h1-7,13,15,19H,8H2,(H,17,18). The molecule has 0 saturated carbocycles. The van der Waals surface area contributed by atoms with Gasteiger partial charge in [0.1, 0.15) is 17.6 Å². The predicted octanol–water partition coefficient (Wildman–Crippen LogP) is 2.02. The molecule has 1 aromatic carbocycles. The van der Waals surface area contributed by atoms with Gasteiger partial charge >= 0.3 is 0 Å². The van der Waals surface area contributed by atoms with Gasteiger partial charge in [-0.05, 0) is 23.3 Å². The molecule has 3 rings (SSSR count). The van der Waals surface area contributed by atoms with E-state index in [1.54, 1.807) is 18.2 Å². The molecular weight excluding hydrogens is 238 g/mol. The second-order valence-corrected chi connectivity index (χ2v) is 4.61. The van der Waals surface area contributed by atoms with Crippen LogP contribution >= 0.6 is 0 Å². The van der Waals surface area contributed by atoms with Gasteiger partial charge in [-0.25, -0.2) is 4.98 Å². The van der Waals surface area contributed by atoms with E-state index >= 15 is 0 Å². The number of aliphatic hydroxyl groups is 1. The second kappa shape index (κ2) is 4.71. The summed E-state index contributed by atoms with van der Waals surface area (Å²) in [6.45, 7) is 0. The van der Waals surface area contributed by atoms with Gasteiger partial charge < -0.3 is 10.4 Å². The number of aliphatic hydroxyl groups excluding tert-OH is 1. The maximum Gasteiger partial charge on any atom is 0.142 e. The van der Waals surface area contributed by atoms with E-state index in [2.05, 4.69) is 10.3 Å². The third-order valence-corrected chi connectivity index (χ3v) is 3.37. The van der Waals surface area contributed by atoms with Crippen LogP contribution in [0.25, 0.3) is 0 Å². The molecule has 4 heteroatoms. The van der Waals surface area contributed by atoms with Gasteiger partial charge in [0.25, 0.3) is 0 Å². The molecule has 19 heavy (non-hydrogen) atoms. The number of aromatic nitrogens is 1. The Balaban J connectivity index is 1.89. The summed E-state index contributed by atoms with van der Waals surface area (Å²) in [6, 6.07) is 15.1. The molecule has 1 aliphatic carbocycles. The SMILES string of the molecule is N#Cc1cccc(NC2c3ccccc3CC2O)n1. The van der Waals surface area contributed by atoms with Gasteiger partial charge in [0, 0.05) is 6.42 Å². The van der Waals surface area contributed by atoms with E-state index in [4.69, 9.17) is 5.26 Å². The first-order valence-electron chi connectivity index (χ1n) is 6.17. The second-order valence-electron chi connectivity index (χ2n) is 4.61. The number of hydrogen-bond donors (Lipinski definition) is 2. The van der Waals surface area contributed by atoms with Crippen LogP contribution in [0, 0.1) is 11.3 Å². The summed E-state index contributed by atoms with van der Waals surface area (Å²) in [5, 5.41) is 22.2. The molecule has 0 bridgehead atoms. The van der Waals surface area contributed by atoms with Crippen molar-refractivity contribution in [1.29, 1.82) is 5.26 Å². The van der Waals surface area contributed by atoms with Gasteiger partial charge in [0.05, 0.1) is 12.1 Å². The fourth-order valence-electron chi connectivity index (χ4n) is 2.48. The summed E-state index contributed by atoms with van der Waals surface area (Å²) < 4.78 is 0. The first kappa shape index (κ1) is 11.7. The molecule has 0 spiro atoms. The van der Waals surface area contributed by atoms with Crippen LogP contribution in [0.2, 0.25) is 0 Å². The van der Waals surface area contributed by atoms with Crippen molar-refractivity contribution < 1.29 is 5.11 Å². The Kier molecular flexibility index (Phi) is 2.90. The number of rotatable bonds is 2. The maximum atomic E-state index is 10.1. The van der Waals surface area contributed by atoms with E-state index in [1.165, 1.54) is 0 Å². The number of nitrogens with zero attached hydrogens (tertiary/aromatic N) is 2. The van der Waals surface area contributed by atoms with Gasteiger partial charge in [-0.2, -0.15) is 5.26 Å². The van der Waals surface area contributed by atoms with Crippen LogP contribution in [0.15, 0.2) is 42.5 Å². The number of nitriles is 1. The molecule has 1 aliphatic rings. The number of fused-ring (bicyclic) bond motifs is 1. The largest absolute Gasteiger partial charge is 0.390 e. The highest BCUT2D eigenvalue weighted by Gasteiger charge is 2.30. The van der Waals surface area contributed by atoms with Crippen molar-refractivity contribution in [3.05, 3.63) is 59.3 Å². The quantitative estimate of drug-likeness (QED) is 0.856. The number of nitrogens with one attached hydrogen (secondary N) is 1. The molecule has 94 valence electrons. The Morgan fingerprint density at radius 3 is 2.89 bits per heavy atom. The van der Waals surface area contributed by atoms with Crippen LogP contribution in [-0.4, -0.2) is 16.2 Å². The van der Waals surface area contributed by atoms with Crippen molar-refractivity contribution in [3.8, 4) is 6.07 Å². The molecule has 0 saturated heterocycles. The minimum absolute atomic E-state index is 0.169. The summed E-state index contributed by atoms with van der Waals surface area (Å²) in [6.07, 6.45) is 0.177. The minimum atomic E-state index is -0.468. The smallest absolute Gasteiger partial charge is 0.142 e. The molecule has 2 aromatic rings. The van der Waals surface area contributed by atoms with Gasteiger partial charge in [-0.3, -0.25) is 0 Å². The number of pyridine rings is 1. The molecule has 0 fully saturated rings. The molecule has 1 aromatic heterocycles. The molecule has 2 atom stereocenters. The van der Waals surface area contributed by atoms with Crippen LogP contribution in [-0.2, 0) is 6.42 Å². The van der Waals surface area contributed by atoms with Gasteiger partial charge in [-0.1, -0.05) is 30.3 Å². The van der Waals surface area contributed by atoms with Crippen molar-refractivity contribution in [1.82, 2.24) is 4.98 Å². The summed E-state index contributed by atoms with van der Waals surface area (Å²) in [5.41, 5.74) is 2.62. The third-order valence-electron chi connectivity index (χ3n) is 3.37. The van der Waals surface area contributed by atoms with E-state index < -0.39 is 6.10 Å². The molecule has 4 nitrogen and oxygen atoms in total. The zero-order valence-corrected chi connectivity index (χ0v) is 10.2. The zero-order valence-electron chi connectivity index (χ0n) is 10.2. The topological polar surface area (TPSA) is 68.9 Å². The Hall–Kier alpha value is -2.38. The molecule has 1 heterocycles. The van der Waals surface area contributed by atoms with Gasteiger partial charge in [0.2, 0.25) is 0 Å². The number of benzene rings is 1. The lowest BCUT2D eigenvalue weighted by atomic mass is 10.1. The van der Waals surface area contributed by atoms with Crippen LogP contribution in [0.5, 0.6) is 0 Å². The monoisotopic (exact) mass is 251 g/mol. The van der Waals surface area contributed by atoms with Crippen molar-refractivity contribution >= 4 is 5.82 Å². The molecule has 0 aliphatic heterocycles. The highest BCUT2D eigenvalue weighted by molar-refractivity contribution is 5.46. The lowest BCUT2D eigenvalue weighted by Gasteiger charge is -2.18. The van der Waals surface area contributed by atoms with Crippen LogP contribution in [0.4, 0.5) is 5.82 Å². The van der Waals surface area contributed by atoms with Crippen molar-refractivity contribution in [2.45, 2.75) is 18.6 Å².